The van der Waals surface area contributed by atoms with Gasteiger partial charge in [0.1, 0.15) is 0 Å². The molecule has 0 aromatic heterocycles. The van der Waals surface area contributed by atoms with E-state index in [1.54, 1.807) is 7.11 Å². The van der Waals surface area contributed by atoms with Gasteiger partial charge in [-0.15, -0.1) is 0 Å². The van der Waals surface area contributed by atoms with E-state index in [2.05, 4.69) is 37.8 Å². The highest BCUT2D eigenvalue weighted by Gasteiger charge is 2.28. The Kier molecular flexibility index (Phi) is 8.27. The largest absolute Gasteiger partial charge is 0.383 e. The Labute approximate surface area is 134 Å². The molecule has 3 nitrogen and oxygen atoms in total. The number of nitrogens with two attached hydrogens (primary N) is 1. The third-order valence-electron chi connectivity index (χ3n) is 4.03. The highest BCUT2D eigenvalue weighted by molar-refractivity contribution is 6.30. The van der Waals surface area contributed by atoms with Gasteiger partial charge in [-0.1, -0.05) is 37.6 Å². The average molecular weight is 313 g/mol. The molecule has 2 atom stereocenters. The van der Waals surface area contributed by atoms with Gasteiger partial charge in [0.25, 0.3) is 0 Å². The summed E-state index contributed by atoms with van der Waals surface area (Å²) in [7, 11) is 1.74. The van der Waals surface area contributed by atoms with Gasteiger partial charge in [-0.05, 0) is 37.5 Å². The van der Waals surface area contributed by atoms with E-state index in [9.17, 15) is 0 Å². The molecular weight excluding hydrogens is 284 g/mol. The summed E-state index contributed by atoms with van der Waals surface area (Å²) >= 11 is 6.01. The Bertz CT molecular complexity index is 390. The molecule has 4 heteroatoms. The molecule has 2 N–H and O–H groups in total. The van der Waals surface area contributed by atoms with Gasteiger partial charge < -0.3 is 10.5 Å². The summed E-state index contributed by atoms with van der Waals surface area (Å²) in [6.45, 7) is 8.13. The minimum atomic E-state index is 0.0450. The minimum absolute atomic E-state index is 0.0450. The van der Waals surface area contributed by atoms with E-state index >= 15 is 0 Å². The van der Waals surface area contributed by atoms with Gasteiger partial charge >= 0.3 is 0 Å². The number of nitrogens with zero attached hydrogens (tertiary/aromatic N) is 1. The standard InChI is InChI=1S/C17H29ClN2O/c1-5-16(6-2)20(11-12-21-4)17(13(3)19)14-7-9-15(18)10-8-14/h7-10,13,16-17H,5-6,11-12,19H2,1-4H3. The molecule has 0 radical (unpaired) electrons. The monoisotopic (exact) mass is 312 g/mol. The van der Waals surface area contributed by atoms with Crippen molar-refractivity contribution >= 4 is 11.6 Å². The number of ether oxygens (including phenoxy) is 1. The van der Waals surface area contributed by atoms with Crippen molar-refractivity contribution in [3.05, 3.63) is 34.9 Å². The highest BCUT2D eigenvalue weighted by Crippen LogP contribution is 2.28. The maximum absolute atomic E-state index is 6.31. The van der Waals surface area contributed by atoms with E-state index < -0.39 is 0 Å². The maximum atomic E-state index is 6.31. The van der Waals surface area contributed by atoms with E-state index in [4.69, 9.17) is 22.1 Å². The number of rotatable bonds is 9. The predicted molar refractivity (Wildman–Crippen MR) is 90.8 cm³/mol. The first-order valence-electron chi connectivity index (χ1n) is 7.80. The number of halogens is 1. The van der Waals surface area contributed by atoms with Crippen LogP contribution in [0.4, 0.5) is 0 Å². The van der Waals surface area contributed by atoms with Gasteiger partial charge in [0.2, 0.25) is 0 Å². The summed E-state index contributed by atoms with van der Waals surface area (Å²) in [5.74, 6) is 0. The highest BCUT2D eigenvalue weighted by atomic mass is 35.5. The summed E-state index contributed by atoms with van der Waals surface area (Å²) in [6.07, 6.45) is 2.22. The molecule has 0 aliphatic heterocycles. The van der Waals surface area contributed by atoms with Crippen LogP contribution in [0, 0.1) is 0 Å². The second-order valence-corrected chi connectivity index (χ2v) is 5.99. The molecule has 0 saturated heterocycles. The number of hydrogen-bond donors (Lipinski definition) is 1. The average Bonchev–Trinajstić information content (AvgIpc) is 2.47. The molecular formula is C17H29ClN2O. The van der Waals surface area contributed by atoms with E-state index in [1.165, 1.54) is 5.56 Å². The summed E-state index contributed by atoms with van der Waals surface area (Å²) in [5.41, 5.74) is 7.53. The summed E-state index contributed by atoms with van der Waals surface area (Å²) in [4.78, 5) is 2.48. The van der Waals surface area contributed by atoms with Crippen LogP contribution in [0.5, 0.6) is 0 Å². The first kappa shape index (κ1) is 18.4. The molecule has 120 valence electrons. The molecule has 21 heavy (non-hydrogen) atoms. The molecule has 0 aliphatic carbocycles. The van der Waals surface area contributed by atoms with Gasteiger partial charge in [-0.25, -0.2) is 0 Å². The second kappa shape index (κ2) is 9.42. The van der Waals surface area contributed by atoms with Crippen molar-refractivity contribution in [2.24, 2.45) is 5.73 Å². The van der Waals surface area contributed by atoms with Crippen LogP contribution in [0.3, 0.4) is 0 Å². The van der Waals surface area contributed by atoms with Crippen molar-refractivity contribution in [1.82, 2.24) is 4.90 Å². The molecule has 0 saturated carbocycles. The van der Waals surface area contributed by atoms with Crippen LogP contribution >= 0.6 is 11.6 Å². The summed E-state index contributed by atoms with van der Waals surface area (Å²) < 4.78 is 5.29. The van der Waals surface area contributed by atoms with Crippen LogP contribution in [0.1, 0.15) is 45.2 Å². The third-order valence-corrected chi connectivity index (χ3v) is 4.28. The van der Waals surface area contributed by atoms with Crippen LogP contribution < -0.4 is 5.73 Å². The fourth-order valence-electron chi connectivity index (χ4n) is 2.96. The lowest BCUT2D eigenvalue weighted by Gasteiger charge is -2.39. The van der Waals surface area contributed by atoms with E-state index in [1.807, 2.05) is 12.1 Å². The second-order valence-electron chi connectivity index (χ2n) is 5.56. The fraction of sp³-hybridized carbons (Fsp3) is 0.647. The third kappa shape index (κ3) is 5.26. The quantitative estimate of drug-likeness (QED) is 0.752. The zero-order chi connectivity index (χ0) is 15.8. The van der Waals surface area contributed by atoms with Crippen LogP contribution in [-0.2, 0) is 4.74 Å². The molecule has 0 bridgehead atoms. The number of benzene rings is 1. The summed E-state index contributed by atoms with van der Waals surface area (Å²) in [5, 5.41) is 0.758. The molecule has 1 rings (SSSR count). The smallest absolute Gasteiger partial charge is 0.0590 e. The van der Waals surface area contributed by atoms with Crippen molar-refractivity contribution in [3.63, 3.8) is 0 Å². The predicted octanol–water partition coefficient (Wildman–Crippen LogP) is 3.87. The Morgan fingerprint density at radius 1 is 1.19 bits per heavy atom. The van der Waals surface area contributed by atoms with E-state index in [0.29, 0.717) is 12.6 Å². The lowest BCUT2D eigenvalue weighted by atomic mass is 9.96. The Morgan fingerprint density at radius 3 is 2.19 bits per heavy atom. The van der Waals surface area contributed by atoms with Gasteiger partial charge in [-0.3, -0.25) is 4.90 Å². The lowest BCUT2D eigenvalue weighted by Crippen LogP contribution is -2.46. The fourth-order valence-corrected chi connectivity index (χ4v) is 3.09. The molecule has 2 unspecified atom stereocenters. The first-order valence-corrected chi connectivity index (χ1v) is 8.18. The van der Waals surface area contributed by atoms with Crippen LogP contribution in [0.2, 0.25) is 5.02 Å². The van der Waals surface area contributed by atoms with Crippen molar-refractivity contribution < 1.29 is 4.74 Å². The van der Waals surface area contributed by atoms with Crippen molar-refractivity contribution in [3.8, 4) is 0 Å². The molecule has 1 aromatic rings. The Balaban J connectivity index is 3.08. The van der Waals surface area contributed by atoms with Gasteiger partial charge in [0, 0.05) is 36.8 Å². The topological polar surface area (TPSA) is 38.5 Å². The normalized spacial score (nSPS) is 14.7. The Hall–Kier alpha value is -0.610. The zero-order valence-corrected chi connectivity index (χ0v) is 14.4. The number of methoxy groups -OCH3 is 1. The molecule has 0 fully saturated rings. The van der Waals surface area contributed by atoms with Gasteiger partial charge in [0.15, 0.2) is 0 Å². The molecule has 0 spiro atoms. The van der Waals surface area contributed by atoms with E-state index in [-0.39, 0.29) is 12.1 Å². The molecule has 1 aromatic carbocycles. The van der Waals surface area contributed by atoms with E-state index in [0.717, 1.165) is 24.4 Å². The lowest BCUT2D eigenvalue weighted by molar-refractivity contribution is 0.0702. The van der Waals surface area contributed by atoms with Crippen LogP contribution in [-0.4, -0.2) is 37.2 Å². The van der Waals surface area contributed by atoms with Crippen LogP contribution in [0.25, 0.3) is 0 Å². The molecule has 0 heterocycles. The SMILES string of the molecule is CCC(CC)N(CCOC)C(c1ccc(Cl)cc1)C(C)N. The first-order chi connectivity index (χ1) is 10.0. The zero-order valence-electron chi connectivity index (χ0n) is 13.7. The number of hydrogen-bond acceptors (Lipinski definition) is 3. The maximum Gasteiger partial charge on any atom is 0.0590 e. The van der Waals surface area contributed by atoms with Gasteiger partial charge in [-0.2, -0.15) is 0 Å². The van der Waals surface area contributed by atoms with Crippen molar-refractivity contribution in [2.45, 2.75) is 51.7 Å². The summed E-state index contributed by atoms with van der Waals surface area (Å²) in [6, 6.07) is 8.77. The Morgan fingerprint density at radius 2 is 1.76 bits per heavy atom. The molecule has 0 amide bonds. The van der Waals surface area contributed by atoms with Crippen molar-refractivity contribution in [2.75, 3.05) is 20.3 Å². The van der Waals surface area contributed by atoms with Gasteiger partial charge in [0.05, 0.1) is 6.61 Å². The molecule has 0 aliphatic rings. The minimum Gasteiger partial charge on any atom is -0.383 e. The van der Waals surface area contributed by atoms with Crippen LogP contribution in [0.15, 0.2) is 24.3 Å². The van der Waals surface area contributed by atoms with Crippen molar-refractivity contribution in [1.29, 1.82) is 0 Å².